The second-order valence-electron chi connectivity index (χ2n) is 34.7. The molecule has 45 nitrogen and oxygen atoms in total. The molecule has 0 radical (unpaired) electrons. The molecule has 0 aliphatic carbocycles. The predicted octanol–water partition coefficient (Wildman–Crippen LogP) is -3.90. The number of piperazine rings is 1. The molecule has 746 valence electrons. The number of fused-ring (bicyclic) bond motifs is 2. The van der Waals surface area contributed by atoms with E-state index in [0.717, 1.165) is 26.2 Å². The summed E-state index contributed by atoms with van der Waals surface area (Å²) < 4.78 is 0. The number of para-hydroxylation sites is 2. The number of carboxylic acids is 3. The molecule has 10 rings (SSSR count). The summed E-state index contributed by atoms with van der Waals surface area (Å²) in [5, 5.41) is 89.9. The van der Waals surface area contributed by atoms with Crippen LogP contribution in [0.25, 0.3) is 21.8 Å². The number of carboxylic acid groups (broad SMARTS) is 3. The topological polar surface area (TPSA) is 647 Å². The average Bonchev–Trinajstić information content (AvgIpc) is 1.67. The first-order valence-electron chi connectivity index (χ1n) is 46.6. The summed E-state index contributed by atoms with van der Waals surface area (Å²) in [6.07, 6.45) is 7.22. The molecular formula is C93H131N27O18. The van der Waals surface area contributed by atoms with Crippen LogP contribution in [0.5, 0.6) is 0 Å². The van der Waals surface area contributed by atoms with Crippen LogP contribution >= 0.6 is 0 Å². The Morgan fingerprint density at radius 1 is 0.435 bits per heavy atom. The van der Waals surface area contributed by atoms with Crippen molar-refractivity contribution < 1.29 is 87.5 Å². The number of rotatable bonds is 52. The van der Waals surface area contributed by atoms with Crippen molar-refractivity contribution >= 4 is 116 Å². The number of nitrogens with zero attached hydrogens (tertiary/aromatic N) is 8. The van der Waals surface area contributed by atoms with Crippen LogP contribution in [0.3, 0.4) is 0 Å². The Labute approximate surface area is 798 Å². The van der Waals surface area contributed by atoms with Crippen LogP contribution in [-0.4, -0.2) is 388 Å². The molecule has 3 saturated heterocycles. The van der Waals surface area contributed by atoms with E-state index in [9.17, 15) is 68.4 Å². The standard InChI is InChI=1S/C93H131N27O18/c1-98-53-78(122)107-70(20-9-27-102-92(94)95)84(131)109-73(48-64-51-105-69-19-8-6-17-67(64)69)87(134)113-76(58-121)89(136)111-74(49-65-52-99-59-106-65)88(135)108-71(21-10-28-103-93(96)97)85(132)110-72(47-63-50-104-68-18-7-5-16-66(63)68)86(133)112-75(46-60-23-25-62(26-24-60)83(130)61-14-3-2-4-15-61)91(138)120-33-11-22-77(120)90(137)101-30-13-32-115-36-34-114(35-37-115)31-12-29-100-79(123)54-116-38-40-117(55-80(124)125)42-44-119(57-82(128)129)45-43-118(41-39-116)56-81(126)127/h2-8,14-19,23-26,50-52,59,70-77,98,104-105,121H,9-13,20-22,27-49,53-58H2,1H3,(H,99,106)(H,100,123)(H,101,137)(H,107,122)(H,108,135)(H,109,131)(H,110,132)(H,111,136)(H,112,133)(H,113,134)(H,124,125)(H,126,127)(H,128,129)(H4,94,95,102)(H4,96,97,103)/t70-,71+,72-,73-,74-,75-,76-,77-/m0/s1. The van der Waals surface area contributed by atoms with Gasteiger partial charge in [0.15, 0.2) is 17.7 Å². The number of guanidine groups is 2. The number of ketones is 1. The molecule has 7 aromatic rings. The molecule has 0 bridgehead atoms. The number of aliphatic carboxylic acids is 3. The summed E-state index contributed by atoms with van der Waals surface area (Å²) in [5.41, 5.74) is 15.3. The summed E-state index contributed by atoms with van der Waals surface area (Å²) >= 11 is 0. The summed E-state index contributed by atoms with van der Waals surface area (Å²) in [7, 11) is 1.54. The van der Waals surface area contributed by atoms with Crippen LogP contribution < -0.4 is 75.3 Å². The average molecular weight is 1920 g/mol. The molecule has 25 N–H and O–H groups in total. The number of aliphatic hydroxyl groups is 1. The normalized spacial score (nSPS) is 16.6. The van der Waals surface area contributed by atoms with Gasteiger partial charge in [-0.2, -0.15) is 0 Å². The van der Waals surface area contributed by atoms with E-state index >= 15 is 19.2 Å². The van der Waals surface area contributed by atoms with Crippen molar-refractivity contribution in [2.75, 3.05) is 171 Å². The molecule has 8 atom stereocenters. The predicted molar refractivity (Wildman–Crippen MR) is 511 cm³/mol. The van der Waals surface area contributed by atoms with Gasteiger partial charge in [-0.15, -0.1) is 0 Å². The van der Waals surface area contributed by atoms with Crippen LogP contribution in [0, 0.1) is 10.8 Å². The molecule has 45 heteroatoms. The Balaban J connectivity index is 0.806. The van der Waals surface area contributed by atoms with Gasteiger partial charge < -0.3 is 125 Å². The van der Waals surface area contributed by atoms with E-state index in [1.807, 2.05) is 17.0 Å². The third kappa shape index (κ3) is 34.5. The summed E-state index contributed by atoms with van der Waals surface area (Å²) in [6, 6.07) is 18.0. The van der Waals surface area contributed by atoms with Crippen LogP contribution in [0.15, 0.2) is 128 Å². The van der Waals surface area contributed by atoms with E-state index in [0.29, 0.717) is 114 Å². The highest BCUT2D eigenvalue weighted by Crippen LogP contribution is 2.25. The van der Waals surface area contributed by atoms with Gasteiger partial charge in [-0.3, -0.25) is 97.5 Å². The van der Waals surface area contributed by atoms with E-state index in [-0.39, 0.29) is 167 Å². The van der Waals surface area contributed by atoms with E-state index in [1.54, 1.807) is 118 Å². The summed E-state index contributed by atoms with van der Waals surface area (Å²) in [5.74, 6) is -11.5. The summed E-state index contributed by atoms with van der Waals surface area (Å²) in [6.45, 7) is 5.48. The van der Waals surface area contributed by atoms with Crippen molar-refractivity contribution in [1.29, 1.82) is 10.8 Å². The number of hydrogen-bond acceptors (Lipinski definition) is 25. The van der Waals surface area contributed by atoms with Gasteiger partial charge in [0.25, 0.3) is 0 Å². The number of likely N-dealkylation sites (tertiary alicyclic amines) is 1. The molecule has 4 aromatic carbocycles. The van der Waals surface area contributed by atoms with Crippen LogP contribution in [-0.2, 0) is 88.0 Å². The number of hydrogen-bond donors (Lipinski definition) is 23. The molecule has 3 aromatic heterocycles. The lowest BCUT2D eigenvalue weighted by Crippen LogP contribution is -2.61. The SMILES string of the molecule is CNCC(=O)N[C@@H](CCCNC(=N)N)C(=O)N[C@@H](Cc1c[nH]c2ccccc12)C(=O)N[C@@H](CO)C(=O)N[C@@H](Cc1cnc[nH]1)C(=O)N[C@H](CCCNC(=N)N)C(=O)N[C@@H](Cc1c[nH]c2ccccc12)C(=O)N[C@@H](Cc1ccc(C(=O)c2ccccc2)cc1)C(=O)N1CCC[C@H]1C(=O)NCCCN1CCN(CCCNC(=O)CN2CCN(CC(=O)O)CCN(CC(=O)O)CCN(CC(=O)O)CC2)CC1. The fourth-order valence-electron chi connectivity index (χ4n) is 17.0. The van der Waals surface area contributed by atoms with Crippen LogP contribution in [0.1, 0.15) is 89.7 Å². The fourth-order valence-corrected chi connectivity index (χ4v) is 17.0. The number of aromatic amines is 3. The quantitative estimate of drug-likeness (QED) is 0.00750. The van der Waals surface area contributed by atoms with E-state index < -0.39 is 132 Å². The number of aromatic nitrogens is 4. The Bertz CT molecular complexity index is 5220. The van der Waals surface area contributed by atoms with Gasteiger partial charge in [0.05, 0.1) is 45.7 Å². The minimum absolute atomic E-state index is 0.000570. The highest BCUT2D eigenvalue weighted by Gasteiger charge is 2.41. The smallest absolute Gasteiger partial charge is 0.317 e. The molecule has 10 amide bonds. The molecule has 138 heavy (non-hydrogen) atoms. The lowest BCUT2D eigenvalue weighted by molar-refractivity contribution is -0.142. The maximum Gasteiger partial charge on any atom is 0.317 e. The zero-order valence-corrected chi connectivity index (χ0v) is 77.6. The monoisotopic (exact) mass is 1910 g/mol. The molecule has 3 aliphatic rings. The van der Waals surface area contributed by atoms with Gasteiger partial charge in [0.2, 0.25) is 59.1 Å². The van der Waals surface area contributed by atoms with E-state index in [1.165, 1.54) is 24.5 Å². The summed E-state index contributed by atoms with van der Waals surface area (Å²) in [4.78, 5) is 222. The minimum Gasteiger partial charge on any atom is -0.480 e. The van der Waals surface area contributed by atoms with Crippen molar-refractivity contribution in [3.8, 4) is 0 Å². The molecular weight excluding hydrogens is 1780 g/mol. The third-order valence-electron chi connectivity index (χ3n) is 24.4. The largest absolute Gasteiger partial charge is 0.480 e. The first-order chi connectivity index (χ1) is 66.4. The number of amides is 10. The van der Waals surface area contributed by atoms with Crippen molar-refractivity contribution in [2.24, 2.45) is 11.5 Å². The number of aliphatic hydroxyl groups excluding tert-OH is 1. The van der Waals surface area contributed by atoms with Crippen molar-refractivity contribution in [3.63, 3.8) is 0 Å². The maximum atomic E-state index is 15.7. The van der Waals surface area contributed by atoms with Crippen LogP contribution in [0.2, 0.25) is 0 Å². The molecule has 0 spiro atoms. The third-order valence-corrected chi connectivity index (χ3v) is 24.4. The molecule has 0 saturated carbocycles. The highest BCUT2D eigenvalue weighted by molar-refractivity contribution is 6.09. The maximum absolute atomic E-state index is 15.7. The van der Waals surface area contributed by atoms with Gasteiger partial charge in [-0.05, 0) is 100 Å². The number of likely N-dealkylation sites (N-methyl/N-ethyl adjacent to an activating group) is 1. The first kappa shape index (κ1) is 106. The lowest BCUT2D eigenvalue weighted by Gasteiger charge is -2.34. The van der Waals surface area contributed by atoms with E-state index in [4.69, 9.17) is 22.3 Å². The second kappa shape index (κ2) is 54.8. The van der Waals surface area contributed by atoms with Gasteiger partial charge in [-0.1, -0.05) is 91.0 Å². The highest BCUT2D eigenvalue weighted by atomic mass is 16.4. The lowest BCUT2D eigenvalue weighted by atomic mass is 9.98. The Kier molecular flexibility index (Phi) is 42.2. The Hall–Kier alpha value is -13.8. The minimum atomic E-state index is -1.81. The van der Waals surface area contributed by atoms with Gasteiger partial charge in [0, 0.05) is 194 Å². The molecule has 3 aliphatic heterocycles. The number of carbonyl (C=O) groups is 14. The zero-order chi connectivity index (χ0) is 99.0. The number of carbonyl (C=O) groups excluding carboxylic acids is 11. The number of benzene rings is 4. The number of imidazole rings is 1. The van der Waals surface area contributed by atoms with Crippen molar-refractivity contribution in [2.45, 2.75) is 125 Å². The van der Waals surface area contributed by atoms with Gasteiger partial charge in [-0.25, -0.2) is 4.98 Å². The van der Waals surface area contributed by atoms with Crippen molar-refractivity contribution in [1.82, 2.24) is 118 Å². The number of H-pyrrole nitrogens is 3. The number of nitrogens with one attached hydrogen (secondary N) is 17. The van der Waals surface area contributed by atoms with Crippen molar-refractivity contribution in [3.05, 3.63) is 162 Å². The second-order valence-corrected chi connectivity index (χ2v) is 34.7. The Morgan fingerprint density at radius 2 is 0.848 bits per heavy atom. The molecule has 6 heterocycles. The van der Waals surface area contributed by atoms with Gasteiger partial charge >= 0.3 is 17.9 Å². The van der Waals surface area contributed by atoms with E-state index in [2.05, 4.69) is 93.5 Å². The molecule has 3 fully saturated rings. The Morgan fingerprint density at radius 3 is 1.32 bits per heavy atom. The fraction of sp³-hybridized carbons (Fsp3) is 0.495. The van der Waals surface area contributed by atoms with Crippen LogP contribution in [0.4, 0.5) is 0 Å². The van der Waals surface area contributed by atoms with Gasteiger partial charge in [0.1, 0.15) is 48.3 Å². The first-order valence-corrected chi connectivity index (χ1v) is 46.6. The number of nitrogens with two attached hydrogens (primary N) is 2. The zero-order valence-electron chi connectivity index (χ0n) is 77.6. The molecule has 0 unspecified atom stereocenters.